The Hall–Kier alpha value is -1.09. The van der Waals surface area contributed by atoms with E-state index in [2.05, 4.69) is 15.9 Å². The van der Waals surface area contributed by atoms with Crippen molar-refractivity contribution in [3.05, 3.63) is 46.6 Å². The summed E-state index contributed by atoms with van der Waals surface area (Å²) in [6, 6.07) is 7.35. The molecule has 0 fully saturated rings. The zero-order chi connectivity index (χ0) is 10.6. The zero-order valence-electron chi connectivity index (χ0n) is 8.20. The molecule has 0 saturated heterocycles. The summed E-state index contributed by atoms with van der Waals surface area (Å²) in [5.74, 6) is 0.0139. The second-order valence-corrected chi connectivity index (χ2v) is 4.07. The van der Waals surface area contributed by atoms with Crippen LogP contribution in [0.15, 0.2) is 41.0 Å². The molecule has 0 saturated carbocycles. The van der Waals surface area contributed by atoms with Crippen molar-refractivity contribution < 1.29 is 4.79 Å². The number of hydrogen-bond donors (Lipinski definition) is 0. The van der Waals surface area contributed by atoms with E-state index in [9.17, 15) is 4.79 Å². The van der Waals surface area contributed by atoms with Gasteiger partial charge in [0.1, 0.15) is 0 Å². The van der Waals surface area contributed by atoms with Gasteiger partial charge in [-0.2, -0.15) is 0 Å². The Labute approximate surface area is 92.4 Å². The van der Waals surface area contributed by atoms with Crippen LogP contribution in [-0.4, -0.2) is 24.8 Å². The van der Waals surface area contributed by atoms with Crippen LogP contribution in [0.4, 0.5) is 0 Å². The smallest absolute Gasteiger partial charge is 0.187 e. The molecule has 0 aliphatic heterocycles. The van der Waals surface area contributed by atoms with Crippen LogP contribution in [-0.2, 0) is 0 Å². The molecule has 0 unspecified atom stereocenters. The Morgan fingerprint density at radius 2 is 2.14 bits per heavy atom. The summed E-state index contributed by atoms with van der Waals surface area (Å²) in [6.45, 7) is 0. The number of carbonyl (C=O) groups excluding carboxylic acids is 1. The maximum absolute atomic E-state index is 11.6. The third-order valence-corrected chi connectivity index (χ3v) is 2.13. The van der Waals surface area contributed by atoms with Gasteiger partial charge >= 0.3 is 0 Å². The van der Waals surface area contributed by atoms with Gasteiger partial charge in [0.2, 0.25) is 0 Å². The fourth-order valence-electron chi connectivity index (χ4n) is 0.955. The van der Waals surface area contributed by atoms with Gasteiger partial charge in [0.25, 0.3) is 0 Å². The van der Waals surface area contributed by atoms with E-state index in [4.69, 9.17) is 0 Å². The average Bonchev–Trinajstić information content (AvgIpc) is 2.14. The quantitative estimate of drug-likeness (QED) is 0.610. The Morgan fingerprint density at radius 3 is 2.71 bits per heavy atom. The van der Waals surface area contributed by atoms with Crippen LogP contribution >= 0.6 is 15.9 Å². The van der Waals surface area contributed by atoms with Crippen LogP contribution in [0.25, 0.3) is 0 Å². The average molecular weight is 254 g/mol. The maximum atomic E-state index is 11.6. The monoisotopic (exact) mass is 253 g/mol. The van der Waals surface area contributed by atoms with Crippen molar-refractivity contribution in [2.75, 3.05) is 14.1 Å². The van der Waals surface area contributed by atoms with Gasteiger partial charge in [-0.1, -0.05) is 28.1 Å². The van der Waals surface area contributed by atoms with Crippen LogP contribution in [0.1, 0.15) is 10.4 Å². The highest BCUT2D eigenvalue weighted by Crippen LogP contribution is 2.12. The van der Waals surface area contributed by atoms with E-state index in [1.165, 1.54) is 0 Å². The van der Waals surface area contributed by atoms with Crippen molar-refractivity contribution in [2.24, 2.45) is 0 Å². The minimum atomic E-state index is 0.0139. The number of hydrogen-bond acceptors (Lipinski definition) is 2. The van der Waals surface area contributed by atoms with Gasteiger partial charge in [0.05, 0.1) is 0 Å². The fraction of sp³-hybridized carbons (Fsp3) is 0.182. The molecule has 14 heavy (non-hydrogen) atoms. The number of allylic oxidation sites excluding steroid dienone is 1. The molecule has 0 radical (unpaired) electrons. The van der Waals surface area contributed by atoms with Crippen molar-refractivity contribution in [1.29, 1.82) is 0 Å². The molecule has 0 spiro atoms. The first kappa shape index (κ1) is 11.0. The van der Waals surface area contributed by atoms with Crippen molar-refractivity contribution in [2.45, 2.75) is 0 Å². The van der Waals surface area contributed by atoms with E-state index < -0.39 is 0 Å². The molecular formula is C11H12BrNO. The molecule has 0 bridgehead atoms. The van der Waals surface area contributed by atoms with Crippen LogP contribution in [0, 0.1) is 0 Å². The van der Waals surface area contributed by atoms with Gasteiger partial charge < -0.3 is 4.90 Å². The Morgan fingerprint density at radius 1 is 1.43 bits per heavy atom. The highest BCUT2D eigenvalue weighted by molar-refractivity contribution is 9.10. The lowest BCUT2D eigenvalue weighted by atomic mass is 10.1. The standard InChI is InChI=1S/C11H12BrNO/c1-13(2)7-6-11(14)9-4-3-5-10(12)8-9/h3-8H,1-2H3. The lowest BCUT2D eigenvalue weighted by Gasteiger charge is -2.02. The maximum Gasteiger partial charge on any atom is 0.187 e. The van der Waals surface area contributed by atoms with E-state index in [0.29, 0.717) is 5.56 Å². The number of benzene rings is 1. The third kappa shape index (κ3) is 3.34. The summed E-state index contributed by atoms with van der Waals surface area (Å²) in [5, 5.41) is 0. The summed E-state index contributed by atoms with van der Waals surface area (Å²) in [4.78, 5) is 13.4. The summed E-state index contributed by atoms with van der Waals surface area (Å²) in [7, 11) is 3.76. The van der Waals surface area contributed by atoms with Gasteiger partial charge in [-0.15, -0.1) is 0 Å². The Bertz CT molecular complexity index is 358. The molecule has 1 aromatic rings. The first-order chi connectivity index (χ1) is 6.59. The molecule has 0 aliphatic rings. The SMILES string of the molecule is CN(C)C=CC(=O)c1cccc(Br)c1. The third-order valence-electron chi connectivity index (χ3n) is 1.63. The largest absolute Gasteiger partial charge is 0.383 e. The van der Waals surface area contributed by atoms with E-state index in [0.717, 1.165) is 4.47 Å². The van der Waals surface area contributed by atoms with E-state index in [1.54, 1.807) is 18.3 Å². The molecule has 74 valence electrons. The van der Waals surface area contributed by atoms with Gasteiger partial charge in [-0.25, -0.2) is 0 Å². The first-order valence-corrected chi connectivity index (χ1v) is 5.03. The Kier molecular flexibility index (Phi) is 3.89. The number of halogens is 1. The minimum Gasteiger partial charge on any atom is -0.383 e. The summed E-state index contributed by atoms with van der Waals surface area (Å²) in [5.41, 5.74) is 0.692. The highest BCUT2D eigenvalue weighted by atomic mass is 79.9. The number of ketones is 1. The van der Waals surface area contributed by atoms with Crippen molar-refractivity contribution in [3.63, 3.8) is 0 Å². The fourth-order valence-corrected chi connectivity index (χ4v) is 1.35. The van der Waals surface area contributed by atoms with Gasteiger partial charge in [0, 0.05) is 36.4 Å². The lowest BCUT2D eigenvalue weighted by Crippen LogP contribution is -2.03. The van der Waals surface area contributed by atoms with Gasteiger partial charge in [0.15, 0.2) is 5.78 Å². The van der Waals surface area contributed by atoms with E-state index in [1.807, 2.05) is 37.2 Å². The molecule has 3 heteroatoms. The van der Waals surface area contributed by atoms with Gasteiger partial charge in [-0.3, -0.25) is 4.79 Å². The number of carbonyl (C=O) groups is 1. The molecule has 0 amide bonds. The second-order valence-electron chi connectivity index (χ2n) is 3.15. The second kappa shape index (κ2) is 4.96. The molecule has 0 aromatic heterocycles. The topological polar surface area (TPSA) is 20.3 Å². The van der Waals surface area contributed by atoms with Crippen molar-refractivity contribution in [3.8, 4) is 0 Å². The van der Waals surface area contributed by atoms with E-state index >= 15 is 0 Å². The van der Waals surface area contributed by atoms with Crippen LogP contribution in [0.3, 0.4) is 0 Å². The molecule has 2 nitrogen and oxygen atoms in total. The molecule has 0 N–H and O–H groups in total. The summed E-state index contributed by atoms with van der Waals surface area (Å²) >= 11 is 3.32. The number of rotatable bonds is 3. The predicted molar refractivity (Wildman–Crippen MR) is 61.3 cm³/mol. The first-order valence-electron chi connectivity index (χ1n) is 4.24. The normalized spacial score (nSPS) is 10.5. The van der Waals surface area contributed by atoms with Crippen molar-refractivity contribution >= 4 is 21.7 Å². The highest BCUT2D eigenvalue weighted by Gasteiger charge is 2.00. The molecule has 0 heterocycles. The molecule has 1 aromatic carbocycles. The summed E-state index contributed by atoms with van der Waals surface area (Å²) < 4.78 is 0.918. The Balaban J connectivity index is 2.80. The van der Waals surface area contributed by atoms with E-state index in [-0.39, 0.29) is 5.78 Å². The summed E-state index contributed by atoms with van der Waals surface area (Å²) in [6.07, 6.45) is 3.30. The van der Waals surface area contributed by atoms with Crippen LogP contribution in [0.5, 0.6) is 0 Å². The predicted octanol–water partition coefficient (Wildman–Crippen LogP) is 2.71. The molecule has 1 rings (SSSR count). The molecule has 0 atom stereocenters. The minimum absolute atomic E-state index is 0.0139. The van der Waals surface area contributed by atoms with Crippen LogP contribution < -0.4 is 0 Å². The molecular weight excluding hydrogens is 242 g/mol. The van der Waals surface area contributed by atoms with Crippen LogP contribution in [0.2, 0.25) is 0 Å². The van der Waals surface area contributed by atoms with Crippen molar-refractivity contribution in [1.82, 2.24) is 4.90 Å². The number of nitrogens with zero attached hydrogens (tertiary/aromatic N) is 1. The van der Waals surface area contributed by atoms with Gasteiger partial charge in [-0.05, 0) is 12.1 Å². The lowest BCUT2D eigenvalue weighted by molar-refractivity contribution is 0.104. The molecule has 0 aliphatic carbocycles. The zero-order valence-corrected chi connectivity index (χ0v) is 9.78.